The van der Waals surface area contributed by atoms with Crippen molar-refractivity contribution < 1.29 is 14.3 Å². The molecule has 0 radical (unpaired) electrons. The molecule has 0 aliphatic carbocycles. The molecule has 0 aromatic carbocycles. The zero-order valence-electron chi connectivity index (χ0n) is 9.38. The van der Waals surface area contributed by atoms with Crippen molar-refractivity contribution in [1.82, 2.24) is 0 Å². The average molecular weight is 188 g/mol. The predicted octanol–water partition coefficient (Wildman–Crippen LogP) is 2.14. The number of hydrogen-bond acceptors (Lipinski definition) is 3. The van der Waals surface area contributed by atoms with E-state index in [1.807, 2.05) is 41.5 Å². The first kappa shape index (κ1) is 12.6. The summed E-state index contributed by atoms with van der Waals surface area (Å²) in [6.45, 7) is 11.3. The van der Waals surface area contributed by atoms with Crippen molar-refractivity contribution in [3.05, 3.63) is 0 Å². The number of hydrogen-bond donors (Lipinski definition) is 0. The average Bonchev–Trinajstić information content (AvgIpc) is 1.79. The molecule has 0 bridgehead atoms. The van der Waals surface area contributed by atoms with Crippen molar-refractivity contribution in [2.75, 3.05) is 0 Å². The van der Waals surface area contributed by atoms with Crippen LogP contribution in [0.1, 0.15) is 41.5 Å². The minimum atomic E-state index is -0.778. The second-order valence-corrected chi connectivity index (χ2v) is 4.96. The Kier molecular flexibility index (Phi) is 4.07. The summed E-state index contributed by atoms with van der Waals surface area (Å²) in [5.74, 6) is 0. The van der Waals surface area contributed by atoms with Gasteiger partial charge in [0.05, 0.1) is 11.2 Å². The molecule has 0 aromatic heterocycles. The molecule has 0 spiro atoms. The van der Waals surface area contributed by atoms with Gasteiger partial charge in [-0.2, -0.15) is 0 Å². The molecule has 0 saturated heterocycles. The smallest absolute Gasteiger partial charge is 0.215 e. The summed E-state index contributed by atoms with van der Waals surface area (Å²) in [5.41, 5.74) is -0.729. The second-order valence-electron chi connectivity index (χ2n) is 4.96. The Bertz CT molecular complexity index is 146. The molecule has 3 heteroatoms. The van der Waals surface area contributed by atoms with Gasteiger partial charge in [-0.15, -0.1) is 0 Å². The summed E-state index contributed by atoms with van der Waals surface area (Å²) in [7, 11) is 0. The van der Waals surface area contributed by atoms with Gasteiger partial charge in [0.2, 0.25) is 6.29 Å². The lowest BCUT2D eigenvalue weighted by molar-refractivity contribution is -0.220. The summed E-state index contributed by atoms with van der Waals surface area (Å²) in [4.78, 5) is 10.6. The lowest BCUT2D eigenvalue weighted by Crippen LogP contribution is -2.36. The van der Waals surface area contributed by atoms with E-state index in [1.165, 1.54) is 0 Å². The van der Waals surface area contributed by atoms with Crippen LogP contribution in [0.15, 0.2) is 0 Å². The Morgan fingerprint density at radius 1 is 0.923 bits per heavy atom. The summed E-state index contributed by atoms with van der Waals surface area (Å²) in [5, 5.41) is 0. The minimum Gasteiger partial charge on any atom is -0.340 e. The van der Waals surface area contributed by atoms with E-state index in [0.29, 0.717) is 6.29 Å². The Labute approximate surface area is 80.4 Å². The zero-order chi connectivity index (χ0) is 10.7. The lowest BCUT2D eigenvalue weighted by Gasteiger charge is -2.29. The van der Waals surface area contributed by atoms with Gasteiger partial charge in [0, 0.05) is 0 Å². The maximum absolute atomic E-state index is 10.6. The van der Waals surface area contributed by atoms with Crippen LogP contribution in [0.25, 0.3) is 0 Å². The zero-order valence-corrected chi connectivity index (χ0v) is 9.38. The molecule has 78 valence electrons. The normalized spacial score (nSPS) is 13.5. The van der Waals surface area contributed by atoms with Crippen molar-refractivity contribution in [3.8, 4) is 0 Å². The SMILES string of the molecule is CC(C)(C)OC(C=O)OC(C)(C)C. The molecule has 0 aromatic rings. The van der Waals surface area contributed by atoms with Crippen LogP contribution in [-0.4, -0.2) is 23.8 Å². The van der Waals surface area contributed by atoms with Crippen LogP contribution in [0.3, 0.4) is 0 Å². The molecule has 0 aliphatic rings. The van der Waals surface area contributed by atoms with Gasteiger partial charge in [0.1, 0.15) is 0 Å². The Hall–Kier alpha value is -0.410. The number of rotatable bonds is 3. The third-order valence-corrected chi connectivity index (χ3v) is 1.05. The fourth-order valence-corrected chi connectivity index (χ4v) is 0.777. The van der Waals surface area contributed by atoms with Gasteiger partial charge in [-0.3, -0.25) is 4.79 Å². The van der Waals surface area contributed by atoms with Crippen LogP contribution in [0, 0.1) is 0 Å². The van der Waals surface area contributed by atoms with Crippen molar-refractivity contribution >= 4 is 6.29 Å². The Morgan fingerprint density at radius 3 is 1.38 bits per heavy atom. The van der Waals surface area contributed by atoms with Crippen LogP contribution in [0.5, 0.6) is 0 Å². The molecule has 0 fully saturated rings. The first-order chi connectivity index (χ1) is 5.64. The van der Waals surface area contributed by atoms with E-state index in [9.17, 15) is 4.79 Å². The first-order valence-electron chi connectivity index (χ1n) is 4.45. The van der Waals surface area contributed by atoms with Gasteiger partial charge in [-0.1, -0.05) is 0 Å². The number of aldehydes is 1. The van der Waals surface area contributed by atoms with Crippen LogP contribution in [0.2, 0.25) is 0 Å². The molecule has 0 aliphatic heterocycles. The quantitative estimate of drug-likeness (QED) is 0.503. The lowest BCUT2D eigenvalue weighted by atomic mass is 10.2. The summed E-state index contributed by atoms with van der Waals surface area (Å²) < 4.78 is 10.7. The molecule has 0 amide bonds. The van der Waals surface area contributed by atoms with Crippen molar-refractivity contribution in [3.63, 3.8) is 0 Å². The number of ether oxygens (including phenoxy) is 2. The van der Waals surface area contributed by atoms with Gasteiger partial charge in [0.15, 0.2) is 6.29 Å². The highest BCUT2D eigenvalue weighted by Crippen LogP contribution is 2.16. The molecule has 0 unspecified atom stereocenters. The van der Waals surface area contributed by atoms with Gasteiger partial charge >= 0.3 is 0 Å². The largest absolute Gasteiger partial charge is 0.340 e. The van der Waals surface area contributed by atoms with E-state index in [0.717, 1.165) is 0 Å². The van der Waals surface area contributed by atoms with E-state index in [1.54, 1.807) is 0 Å². The van der Waals surface area contributed by atoms with Crippen molar-refractivity contribution in [2.45, 2.75) is 59.0 Å². The highest BCUT2D eigenvalue weighted by atomic mass is 16.7. The fourth-order valence-electron chi connectivity index (χ4n) is 0.777. The van der Waals surface area contributed by atoms with Crippen LogP contribution < -0.4 is 0 Å². The monoisotopic (exact) mass is 188 g/mol. The third-order valence-electron chi connectivity index (χ3n) is 1.05. The number of carbonyl (C=O) groups excluding carboxylic acids is 1. The Balaban J connectivity index is 4.13. The van der Waals surface area contributed by atoms with Crippen molar-refractivity contribution in [1.29, 1.82) is 0 Å². The molecular formula is C10H20O3. The molecule has 0 saturated carbocycles. The van der Waals surface area contributed by atoms with E-state index < -0.39 is 6.29 Å². The predicted molar refractivity (Wildman–Crippen MR) is 51.5 cm³/mol. The first-order valence-corrected chi connectivity index (χ1v) is 4.45. The standard InChI is InChI=1S/C10H20O3/c1-9(2,3)12-8(7-11)13-10(4,5)6/h7-8H,1-6H3. The van der Waals surface area contributed by atoms with Crippen LogP contribution in [-0.2, 0) is 14.3 Å². The third kappa shape index (κ3) is 7.94. The second kappa shape index (κ2) is 4.20. The molecular weight excluding hydrogens is 168 g/mol. The van der Waals surface area contributed by atoms with Crippen LogP contribution >= 0.6 is 0 Å². The molecule has 3 nitrogen and oxygen atoms in total. The molecule has 13 heavy (non-hydrogen) atoms. The number of carbonyl (C=O) groups is 1. The van der Waals surface area contributed by atoms with E-state index >= 15 is 0 Å². The fraction of sp³-hybridized carbons (Fsp3) is 0.900. The molecule has 0 heterocycles. The summed E-state index contributed by atoms with van der Waals surface area (Å²) in [6, 6.07) is 0. The van der Waals surface area contributed by atoms with Gasteiger partial charge in [-0.05, 0) is 41.5 Å². The molecule has 0 rings (SSSR count). The van der Waals surface area contributed by atoms with E-state index in [2.05, 4.69) is 0 Å². The molecule has 0 atom stereocenters. The summed E-state index contributed by atoms with van der Waals surface area (Å²) >= 11 is 0. The minimum absolute atomic E-state index is 0.364. The van der Waals surface area contributed by atoms with Gasteiger partial charge in [0.25, 0.3) is 0 Å². The highest BCUT2D eigenvalue weighted by Gasteiger charge is 2.23. The van der Waals surface area contributed by atoms with Crippen LogP contribution in [0.4, 0.5) is 0 Å². The van der Waals surface area contributed by atoms with Crippen molar-refractivity contribution in [2.24, 2.45) is 0 Å². The van der Waals surface area contributed by atoms with Gasteiger partial charge < -0.3 is 9.47 Å². The molecule has 0 N–H and O–H groups in total. The topological polar surface area (TPSA) is 35.5 Å². The van der Waals surface area contributed by atoms with Gasteiger partial charge in [-0.25, -0.2) is 0 Å². The Morgan fingerprint density at radius 2 is 1.23 bits per heavy atom. The maximum atomic E-state index is 10.6. The maximum Gasteiger partial charge on any atom is 0.215 e. The van der Waals surface area contributed by atoms with E-state index in [-0.39, 0.29) is 11.2 Å². The highest BCUT2D eigenvalue weighted by molar-refractivity contribution is 5.54. The summed E-state index contributed by atoms with van der Waals surface area (Å²) in [6.07, 6.45) is -0.101. The van der Waals surface area contributed by atoms with E-state index in [4.69, 9.17) is 9.47 Å².